The summed E-state index contributed by atoms with van der Waals surface area (Å²) in [6.07, 6.45) is 0.218. The predicted octanol–water partition coefficient (Wildman–Crippen LogP) is 4.31. The van der Waals surface area contributed by atoms with Crippen LogP contribution in [0, 0.1) is 23.2 Å². The average Bonchev–Trinajstić information content (AvgIpc) is 2.46. The van der Waals surface area contributed by atoms with E-state index in [4.69, 9.17) is 5.26 Å². The van der Waals surface area contributed by atoms with Gasteiger partial charge in [0.05, 0.1) is 11.6 Å². The summed E-state index contributed by atoms with van der Waals surface area (Å²) >= 11 is 3.19. The molecule has 23 heavy (non-hydrogen) atoms. The number of nitrogens with zero attached hydrogens (tertiary/aromatic N) is 1. The molecule has 0 aliphatic heterocycles. The normalized spacial score (nSPS) is 12.7. The smallest absolute Gasteiger partial charge is 0.214 e. The summed E-state index contributed by atoms with van der Waals surface area (Å²) in [6, 6.07) is 7.77. The molecular formula is C15H11BrF3NO2S. The number of rotatable bonds is 3. The summed E-state index contributed by atoms with van der Waals surface area (Å²) in [6.45, 7) is 1.62. The van der Waals surface area contributed by atoms with Crippen LogP contribution in [-0.4, -0.2) is 13.9 Å². The minimum absolute atomic E-state index is 0.101. The molecule has 0 amide bonds. The molecule has 8 heteroatoms. The van der Waals surface area contributed by atoms with E-state index in [9.17, 15) is 21.6 Å². The lowest BCUT2D eigenvalue weighted by atomic mass is 10.1. The van der Waals surface area contributed by atoms with Crippen molar-refractivity contribution < 1.29 is 21.6 Å². The molecule has 0 heterocycles. The molecule has 0 N–H and O–H groups in total. The molecule has 3 nitrogen and oxygen atoms in total. The van der Waals surface area contributed by atoms with Crippen molar-refractivity contribution in [2.75, 3.05) is 0 Å². The van der Waals surface area contributed by atoms with Crippen molar-refractivity contribution in [2.24, 2.45) is 0 Å². The first kappa shape index (κ1) is 19.3. The Labute approximate surface area is 140 Å². The van der Waals surface area contributed by atoms with Gasteiger partial charge < -0.3 is 0 Å². The maximum Gasteiger partial charge on any atom is 0.502 e. The predicted molar refractivity (Wildman–Crippen MR) is 83.5 cm³/mol. The Balaban J connectivity index is 3.51. The molecule has 0 fully saturated rings. The van der Waals surface area contributed by atoms with Gasteiger partial charge in [0.1, 0.15) is 4.91 Å². The fourth-order valence-corrected chi connectivity index (χ4v) is 2.71. The lowest BCUT2D eigenvalue weighted by Gasteiger charge is -2.09. The van der Waals surface area contributed by atoms with E-state index in [1.54, 1.807) is 19.1 Å². The minimum atomic E-state index is -5.68. The van der Waals surface area contributed by atoms with Gasteiger partial charge in [-0.15, -0.1) is 0 Å². The highest BCUT2D eigenvalue weighted by atomic mass is 79.9. The second kappa shape index (κ2) is 7.67. The molecule has 122 valence electrons. The molecule has 0 saturated heterocycles. The molecule has 0 aliphatic rings. The van der Waals surface area contributed by atoms with Crippen molar-refractivity contribution in [1.29, 1.82) is 5.26 Å². The van der Waals surface area contributed by atoms with Gasteiger partial charge in [0.25, 0.3) is 9.84 Å². The molecule has 0 atom stereocenters. The highest BCUT2D eigenvalue weighted by Crippen LogP contribution is 2.31. The first-order valence-corrected chi connectivity index (χ1v) is 8.63. The molecule has 0 unspecified atom stereocenters. The van der Waals surface area contributed by atoms with E-state index in [0.717, 1.165) is 4.47 Å². The fourth-order valence-electron chi connectivity index (χ4n) is 1.55. The number of benzene rings is 1. The van der Waals surface area contributed by atoms with E-state index in [1.807, 2.05) is 5.92 Å². The van der Waals surface area contributed by atoms with Crippen molar-refractivity contribution in [3.05, 3.63) is 44.8 Å². The van der Waals surface area contributed by atoms with E-state index in [1.165, 1.54) is 18.2 Å². The Hall–Kier alpha value is -1.77. The van der Waals surface area contributed by atoms with Crippen LogP contribution in [0.1, 0.15) is 25.3 Å². The zero-order chi connectivity index (χ0) is 17.7. The Bertz CT molecular complexity index is 807. The molecule has 1 aromatic carbocycles. The van der Waals surface area contributed by atoms with Crippen LogP contribution in [0.4, 0.5) is 13.2 Å². The molecule has 0 spiro atoms. The quantitative estimate of drug-likeness (QED) is 0.555. The topological polar surface area (TPSA) is 57.9 Å². The molecule has 1 aromatic rings. The number of nitriles is 1. The van der Waals surface area contributed by atoms with Crippen molar-refractivity contribution in [1.82, 2.24) is 0 Å². The average molecular weight is 406 g/mol. The van der Waals surface area contributed by atoms with Gasteiger partial charge in [0.15, 0.2) is 0 Å². The van der Waals surface area contributed by atoms with Gasteiger partial charge in [-0.25, -0.2) is 8.42 Å². The van der Waals surface area contributed by atoms with Gasteiger partial charge in [-0.3, -0.25) is 0 Å². The SMILES string of the molecule is CCC/C(C#N)=C(/C#Cc1ccc(Br)cc1)S(=O)(=O)C(F)(F)F. The van der Waals surface area contributed by atoms with E-state index in [-0.39, 0.29) is 6.42 Å². The lowest BCUT2D eigenvalue weighted by molar-refractivity contribution is -0.0425. The van der Waals surface area contributed by atoms with Crippen molar-refractivity contribution in [2.45, 2.75) is 25.3 Å². The van der Waals surface area contributed by atoms with Crippen LogP contribution in [0.2, 0.25) is 0 Å². The van der Waals surface area contributed by atoms with E-state index >= 15 is 0 Å². The second-order valence-electron chi connectivity index (χ2n) is 4.38. The van der Waals surface area contributed by atoms with Crippen LogP contribution in [0.3, 0.4) is 0 Å². The van der Waals surface area contributed by atoms with Crippen LogP contribution >= 0.6 is 15.9 Å². The van der Waals surface area contributed by atoms with Gasteiger partial charge in [-0.05, 0) is 36.6 Å². The van der Waals surface area contributed by atoms with Gasteiger partial charge in [-0.2, -0.15) is 18.4 Å². The number of sulfone groups is 1. The summed E-state index contributed by atoms with van der Waals surface area (Å²) in [7, 11) is -5.68. The van der Waals surface area contributed by atoms with Gasteiger partial charge in [-0.1, -0.05) is 35.2 Å². The van der Waals surface area contributed by atoms with Crippen LogP contribution < -0.4 is 0 Å². The summed E-state index contributed by atoms with van der Waals surface area (Å²) in [5.41, 5.74) is -5.67. The summed E-state index contributed by atoms with van der Waals surface area (Å²) in [4.78, 5) is -1.18. The van der Waals surface area contributed by atoms with Gasteiger partial charge in [0, 0.05) is 10.0 Å². The molecule has 0 radical (unpaired) electrons. The Morgan fingerprint density at radius 1 is 1.26 bits per heavy atom. The van der Waals surface area contributed by atoms with Crippen LogP contribution in [0.5, 0.6) is 0 Å². The summed E-state index contributed by atoms with van der Waals surface area (Å²) in [5.74, 6) is 4.39. The Morgan fingerprint density at radius 3 is 2.26 bits per heavy atom. The second-order valence-corrected chi connectivity index (χ2v) is 7.17. The molecule has 0 bridgehead atoms. The molecular weight excluding hydrogens is 395 g/mol. The first-order valence-electron chi connectivity index (χ1n) is 6.35. The Kier molecular flexibility index (Phi) is 6.43. The summed E-state index contributed by atoms with van der Waals surface area (Å²) < 4.78 is 62.4. The third kappa shape index (κ3) is 4.85. The van der Waals surface area contributed by atoms with Crippen molar-refractivity contribution >= 4 is 25.8 Å². The maximum atomic E-state index is 12.8. The first-order chi connectivity index (χ1) is 10.6. The lowest BCUT2D eigenvalue weighted by Crippen LogP contribution is -2.25. The third-order valence-corrected chi connectivity index (χ3v) is 4.67. The van der Waals surface area contributed by atoms with E-state index in [2.05, 4.69) is 21.9 Å². The number of hydrogen-bond acceptors (Lipinski definition) is 3. The van der Waals surface area contributed by atoms with E-state index in [0.29, 0.717) is 12.0 Å². The van der Waals surface area contributed by atoms with Crippen molar-refractivity contribution in [3.63, 3.8) is 0 Å². The standard InChI is InChI=1S/C15H11BrF3NO2S/c1-2-3-12(10-20)14(23(21,22)15(17,18)19)9-6-11-4-7-13(16)8-5-11/h4-5,7-8H,2-3H2,1H3/b14-12+. The minimum Gasteiger partial charge on any atom is -0.214 e. The monoisotopic (exact) mass is 405 g/mol. The summed E-state index contributed by atoms with van der Waals surface area (Å²) in [5, 5.41) is 8.98. The third-order valence-electron chi connectivity index (χ3n) is 2.65. The maximum absolute atomic E-state index is 12.8. The Morgan fingerprint density at radius 2 is 1.83 bits per heavy atom. The molecule has 1 rings (SSSR count). The zero-order valence-electron chi connectivity index (χ0n) is 11.9. The highest BCUT2D eigenvalue weighted by molar-refractivity contribution is 9.10. The largest absolute Gasteiger partial charge is 0.502 e. The van der Waals surface area contributed by atoms with E-state index < -0.39 is 25.8 Å². The van der Waals surface area contributed by atoms with Crippen LogP contribution in [-0.2, 0) is 9.84 Å². The highest BCUT2D eigenvalue weighted by Gasteiger charge is 2.49. The number of allylic oxidation sites excluding steroid dienone is 2. The van der Waals surface area contributed by atoms with Crippen LogP contribution in [0.25, 0.3) is 0 Å². The van der Waals surface area contributed by atoms with Gasteiger partial charge in [0.2, 0.25) is 0 Å². The number of alkyl halides is 3. The fraction of sp³-hybridized carbons (Fsp3) is 0.267. The molecule has 0 saturated carbocycles. The zero-order valence-corrected chi connectivity index (χ0v) is 14.3. The number of halogens is 4. The number of hydrogen-bond donors (Lipinski definition) is 0. The molecule has 0 aliphatic carbocycles. The van der Waals surface area contributed by atoms with Crippen LogP contribution in [0.15, 0.2) is 39.2 Å². The van der Waals surface area contributed by atoms with Crippen molar-refractivity contribution in [3.8, 4) is 17.9 Å². The molecule has 0 aromatic heterocycles. The van der Waals surface area contributed by atoms with Gasteiger partial charge >= 0.3 is 5.51 Å².